The molecule has 0 aliphatic carbocycles. The summed E-state index contributed by atoms with van der Waals surface area (Å²) in [5, 5.41) is 9.46. The Hall–Kier alpha value is -1.23. The molecule has 1 aromatic rings. The van der Waals surface area contributed by atoms with Gasteiger partial charge in [0.05, 0.1) is 12.6 Å². The molecule has 0 spiro atoms. The Bertz CT molecular complexity index is 331. The molecule has 1 N–H and O–H groups in total. The zero-order chi connectivity index (χ0) is 10.9. The molecule has 1 saturated heterocycles. The maximum Gasteiger partial charge on any atom is 0.225 e. The summed E-state index contributed by atoms with van der Waals surface area (Å²) in [6.45, 7) is 2.13. The number of hydrogen-bond donors (Lipinski definition) is 1. The van der Waals surface area contributed by atoms with E-state index in [4.69, 9.17) is 0 Å². The van der Waals surface area contributed by atoms with Crippen LogP contribution in [-0.4, -0.2) is 39.9 Å². The van der Waals surface area contributed by atoms with Crippen LogP contribution in [-0.2, 0) is 0 Å². The number of halogens is 1. The molecule has 0 radical (unpaired) electrons. The van der Waals surface area contributed by atoms with Gasteiger partial charge in [-0.15, -0.1) is 0 Å². The van der Waals surface area contributed by atoms with Gasteiger partial charge in [0.1, 0.15) is 0 Å². The number of aliphatic hydroxyl groups is 1. The number of nitrogens with zero attached hydrogens (tertiary/aromatic N) is 3. The van der Waals surface area contributed by atoms with Gasteiger partial charge in [-0.25, -0.2) is 14.4 Å². The van der Waals surface area contributed by atoms with E-state index in [-0.39, 0.29) is 6.54 Å². The highest BCUT2D eigenvalue weighted by Crippen LogP contribution is 2.26. The summed E-state index contributed by atoms with van der Waals surface area (Å²) < 4.78 is 13.9. The number of anilines is 1. The lowest BCUT2D eigenvalue weighted by atomic mass is 9.94. The molecule has 4 nitrogen and oxygen atoms in total. The number of hydrogen-bond acceptors (Lipinski definition) is 4. The molecule has 1 fully saturated rings. The molecular weight excluding hydrogens is 197 g/mol. The van der Waals surface area contributed by atoms with Crippen molar-refractivity contribution in [3.05, 3.63) is 18.5 Å². The van der Waals surface area contributed by atoms with Crippen molar-refractivity contribution >= 4 is 5.95 Å². The van der Waals surface area contributed by atoms with Gasteiger partial charge in [0.2, 0.25) is 5.95 Å². The molecule has 0 saturated carbocycles. The van der Waals surface area contributed by atoms with Crippen molar-refractivity contribution in [2.75, 3.05) is 18.0 Å². The summed E-state index contributed by atoms with van der Waals surface area (Å²) in [4.78, 5) is 9.88. The zero-order valence-electron chi connectivity index (χ0n) is 8.60. The highest BCUT2D eigenvalue weighted by Gasteiger charge is 2.39. The third kappa shape index (κ3) is 2.07. The Balaban J connectivity index is 2.14. The van der Waals surface area contributed by atoms with Crippen LogP contribution in [0.2, 0.25) is 0 Å². The molecule has 82 valence electrons. The minimum absolute atomic E-state index is 0.137. The SMILES string of the molecule is C[C@]1(F)CN(c2ncccn2)CC[C@H]1O. The Morgan fingerprint density at radius 1 is 1.53 bits per heavy atom. The fourth-order valence-corrected chi connectivity index (χ4v) is 1.76. The van der Waals surface area contributed by atoms with Gasteiger partial charge in [-0.1, -0.05) is 0 Å². The van der Waals surface area contributed by atoms with E-state index in [1.54, 1.807) is 23.4 Å². The van der Waals surface area contributed by atoms with Gasteiger partial charge in [-0.2, -0.15) is 0 Å². The Morgan fingerprint density at radius 3 is 2.80 bits per heavy atom. The fraction of sp³-hybridized carbons (Fsp3) is 0.600. The average molecular weight is 211 g/mol. The van der Waals surface area contributed by atoms with Crippen molar-refractivity contribution in [1.29, 1.82) is 0 Å². The van der Waals surface area contributed by atoms with E-state index in [1.807, 2.05) is 0 Å². The van der Waals surface area contributed by atoms with Gasteiger partial charge in [0.25, 0.3) is 0 Å². The van der Waals surface area contributed by atoms with E-state index in [2.05, 4.69) is 9.97 Å². The maximum absolute atomic E-state index is 13.9. The van der Waals surface area contributed by atoms with Crippen molar-refractivity contribution in [3.63, 3.8) is 0 Å². The van der Waals surface area contributed by atoms with Gasteiger partial charge in [0, 0.05) is 18.9 Å². The fourth-order valence-electron chi connectivity index (χ4n) is 1.76. The molecule has 5 heteroatoms. The summed E-state index contributed by atoms with van der Waals surface area (Å²) in [6.07, 6.45) is 2.77. The Morgan fingerprint density at radius 2 is 2.20 bits per heavy atom. The van der Waals surface area contributed by atoms with Crippen LogP contribution in [0.4, 0.5) is 10.3 Å². The highest BCUT2D eigenvalue weighted by atomic mass is 19.1. The third-order valence-electron chi connectivity index (χ3n) is 2.70. The first-order valence-corrected chi connectivity index (χ1v) is 4.98. The van der Waals surface area contributed by atoms with Crippen molar-refractivity contribution in [3.8, 4) is 0 Å². The first-order chi connectivity index (χ1) is 7.09. The lowest BCUT2D eigenvalue weighted by molar-refractivity contribution is -0.00860. The van der Waals surface area contributed by atoms with E-state index in [1.165, 1.54) is 6.92 Å². The van der Waals surface area contributed by atoms with Gasteiger partial charge in [-0.05, 0) is 19.4 Å². The summed E-state index contributed by atoms with van der Waals surface area (Å²) in [5.74, 6) is 0.522. The monoisotopic (exact) mass is 211 g/mol. The van der Waals surface area contributed by atoms with Crippen molar-refractivity contribution in [2.24, 2.45) is 0 Å². The number of rotatable bonds is 1. The van der Waals surface area contributed by atoms with Gasteiger partial charge in [-0.3, -0.25) is 0 Å². The van der Waals surface area contributed by atoms with Gasteiger partial charge >= 0.3 is 0 Å². The zero-order valence-corrected chi connectivity index (χ0v) is 8.60. The highest BCUT2D eigenvalue weighted by molar-refractivity contribution is 5.31. The molecule has 0 amide bonds. The predicted octanol–water partition coefficient (Wildman–Crippen LogP) is 0.776. The van der Waals surface area contributed by atoms with Gasteiger partial charge < -0.3 is 10.0 Å². The maximum atomic E-state index is 13.9. The third-order valence-corrected chi connectivity index (χ3v) is 2.70. The van der Waals surface area contributed by atoms with Crippen molar-refractivity contribution in [2.45, 2.75) is 25.1 Å². The molecule has 15 heavy (non-hydrogen) atoms. The quantitative estimate of drug-likeness (QED) is 0.745. The van der Waals surface area contributed by atoms with Crippen molar-refractivity contribution < 1.29 is 9.50 Å². The van der Waals surface area contributed by atoms with Crippen LogP contribution in [0, 0.1) is 0 Å². The molecule has 2 heterocycles. The average Bonchev–Trinajstić information content (AvgIpc) is 2.23. The molecule has 2 atom stereocenters. The summed E-state index contributed by atoms with van der Waals surface area (Å²) >= 11 is 0. The number of aromatic nitrogens is 2. The van der Waals surface area contributed by atoms with E-state index < -0.39 is 11.8 Å². The number of piperidine rings is 1. The number of alkyl halides is 1. The van der Waals surface area contributed by atoms with Crippen LogP contribution in [0.1, 0.15) is 13.3 Å². The van der Waals surface area contributed by atoms with Gasteiger partial charge in [0.15, 0.2) is 5.67 Å². The van der Waals surface area contributed by atoms with Crippen LogP contribution >= 0.6 is 0 Å². The lowest BCUT2D eigenvalue weighted by Gasteiger charge is -2.38. The molecule has 1 aliphatic rings. The topological polar surface area (TPSA) is 49.2 Å². The first kappa shape index (κ1) is 10.3. The van der Waals surface area contributed by atoms with E-state index >= 15 is 0 Å². The lowest BCUT2D eigenvalue weighted by Crippen LogP contribution is -2.52. The first-order valence-electron chi connectivity index (χ1n) is 4.98. The number of aliphatic hydroxyl groups excluding tert-OH is 1. The molecule has 2 rings (SSSR count). The molecule has 0 unspecified atom stereocenters. The van der Waals surface area contributed by atoms with Crippen LogP contribution in [0.5, 0.6) is 0 Å². The van der Waals surface area contributed by atoms with E-state index in [0.717, 1.165) is 0 Å². The molecule has 0 bridgehead atoms. The van der Waals surface area contributed by atoms with E-state index in [0.29, 0.717) is 18.9 Å². The normalized spacial score (nSPS) is 31.7. The van der Waals surface area contributed by atoms with Crippen LogP contribution < -0.4 is 4.90 Å². The van der Waals surface area contributed by atoms with Crippen LogP contribution in [0.3, 0.4) is 0 Å². The standard InChI is InChI=1S/C10H14FN3O/c1-10(11)7-14(6-3-8(10)15)9-12-4-2-5-13-9/h2,4-5,8,15H,3,6-7H2,1H3/t8-,10+/m1/s1. The van der Waals surface area contributed by atoms with E-state index in [9.17, 15) is 9.50 Å². The largest absolute Gasteiger partial charge is 0.390 e. The minimum atomic E-state index is -1.59. The summed E-state index contributed by atoms with van der Waals surface area (Å²) in [7, 11) is 0. The predicted molar refractivity (Wildman–Crippen MR) is 54.4 cm³/mol. The second kappa shape index (κ2) is 3.73. The second-order valence-corrected chi connectivity index (χ2v) is 4.05. The molecule has 1 aliphatic heterocycles. The van der Waals surface area contributed by atoms with Crippen LogP contribution in [0.25, 0.3) is 0 Å². The second-order valence-electron chi connectivity index (χ2n) is 4.05. The summed E-state index contributed by atoms with van der Waals surface area (Å²) in [5.41, 5.74) is -1.59. The smallest absolute Gasteiger partial charge is 0.225 e. The van der Waals surface area contributed by atoms with Crippen LogP contribution in [0.15, 0.2) is 18.5 Å². The van der Waals surface area contributed by atoms with Crippen molar-refractivity contribution in [1.82, 2.24) is 9.97 Å². The minimum Gasteiger partial charge on any atom is -0.390 e. The summed E-state index contributed by atoms with van der Waals surface area (Å²) in [6, 6.07) is 1.72. The molecule has 0 aromatic carbocycles. The Labute approximate surface area is 87.8 Å². The molecular formula is C10H14FN3O. The molecule has 1 aromatic heterocycles. The Kier molecular flexibility index (Phi) is 2.56.